The van der Waals surface area contributed by atoms with Crippen LogP contribution in [-0.2, 0) is 4.79 Å². The number of carboxylic acids is 1. The molecule has 0 aromatic heterocycles. The molecule has 0 bridgehead atoms. The number of nitrogens with zero attached hydrogens (tertiary/aromatic N) is 1. The number of hydrogen-bond donors (Lipinski definition) is 2. The van der Waals surface area contributed by atoms with Crippen molar-refractivity contribution < 1.29 is 33.0 Å². The first-order chi connectivity index (χ1) is 13.9. The quantitative estimate of drug-likeness (QED) is 0.512. The van der Waals surface area contributed by atoms with Crippen LogP contribution in [0.15, 0.2) is 48.0 Å². The van der Waals surface area contributed by atoms with Gasteiger partial charge >= 0.3 is 12.6 Å². The molecule has 9 heteroatoms. The summed E-state index contributed by atoms with van der Waals surface area (Å²) >= 11 is 0. The lowest BCUT2D eigenvalue weighted by Crippen LogP contribution is -2.16. The van der Waals surface area contributed by atoms with E-state index in [0.717, 1.165) is 6.08 Å². The molecular weight excluding hydrogens is 386 g/mol. The van der Waals surface area contributed by atoms with Crippen LogP contribution in [0.25, 0.3) is 6.08 Å². The number of alkyl halides is 2. The van der Waals surface area contributed by atoms with Crippen LogP contribution in [-0.4, -0.2) is 30.2 Å². The minimum Gasteiger partial charge on any atom is -0.490 e. The molecule has 0 aliphatic rings. The number of rotatable bonds is 8. The molecule has 0 unspecified atom stereocenters. The number of benzene rings is 2. The van der Waals surface area contributed by atoms with Crippen molar-refractivity contribution in [3.63, 3.8) is 0 Å². The second-order valence-corrected chi connectivity index (χ2v) is 5.46. The van der Waals surface area contributed by atoms with Crippen molar-refractivity contribution in [1.29, 1.82) is 5.26 Å². The molecule has 0 saturated carbocycles. The molecule has 29 heavy (non-hydrogen) atoms. The number of ether oxygens (including phenoxy) is 2. The van der Waals surface area contributed by atoms with Crippen molar-refractivity contribution in [3.05, 3.63) is 59.2 Å². The molecule has 7 nitrogen and oxygen atoms in total. The van der Waals surface area contributed by atoms with Gasteiger partial charge in [-0.1, -0.05) is 24.3 Å². The lowest BCUT2D eigenvalue weighted by Gasteiger charge is -2.14. The monoisotopic (exact) mass is 402 g/mol. The highest BCUT2D eigenvalue weighted by molar-refractivity contribution is 6.12. The molecule has 150 valence electrons. The zero-order valence-corrected chi connectivity index (χ0v) is 15.2. The third kappa shape index (κ3) is 5.52. The fourth-order valence-electron chi connectivity index (χ4n) is 2.40. The lowest BCUT2D eigenvalue weighted by atomic mass is 10.1. The summed E-state index contributed by atoms with van der Waals surface area (Å²) in [6.07, 6.45) is 1.05. The molecule has 2 rings (SSSR count). The van der Waals surface area contributed by atoms with Gasteiger partial charge in [0.05, 0.1) is 17.9 Å². The van der Waals surface area contributed by atoms with E-state index in [1.54, 1.807) is 13.0 Å². The largest absolute Gasteiger partial charge is 0.490 e. The number of anilines is 1. The van der Waals surface area contributed by atoms with E-state index in [2.05, 4.69) is 10.1 Å². The van der Waals surface area contributed by atoms with Crippen molar-refractivity contribution in [2.45, 2.75) is 13.5 Å². The summed E-state index contributed by atoms with van der Waals surface area (Å²) in [5.41, 5.74) is -0.607. The minimum absolute atomic E-state index is 0.0155. The van der Waals surface area contributed by atoms with E-state index in [1.807, 2.05) is 0 Å². The van der Waals surface area contributed by atoms with Gasteiger partial charge in [0.1, 0.15) is 11.6 Å². The second kappa shape index (κ2) is 9.85. The van der Waals surface area contributed by atoms with Gasteiger partial charge in [0.25, 0.3) is 5.91 Å². The Morgan fingerprint density at radius 1 is 1.24 bits per heavy atom. The van der Waals surface area contributed by atoms with Crippen molar-refractivity contribution >= 4 is 23.6 Å². The number of amides is 1. The van der Waals surface area contributed by atoms with Gasteiger partial charge in [0.15, 0.2) is 11.5 Å². The standard InChI is InChI=1S/C20H16F2N2O5/c1-2-28-16-9-5-6-12(17(16)29-20(21)22)10-13(11-23)18(25)24-15-8-4-3-7-14(15)19(26)27/h3-10,20H,2H2,1H3,(H,24,25)(H,26,27)/b13-10+. The molecule has 0 aliphatic carbocycles. The van der Waals surface area contributed by atoms with Crippen LogP contribution in [0.1, 0.15) is 22.8 Å². The van der Waals surface area contributed by atoms with Crippen LogP contribution in [0.3, 0.4) is 0 Å². The Morgan fingerprint density at radius 2 is 1.97 bits per heavy atom. The predicted molar refractivity (Wildman–Crippen MR) is 99.9 cm³/mol. The van der Waals surface area contributed by atoms with E-state index in [-0.39, 0.29) is 34.9 Å². The molecule has 0 radical (unpaired) electrons. The van der Waals surface area contributed by atoms with Crippen molar-refractivity contribution in [1.82, 2.24) is 0 Å². The van der Waals surface area contributed by atoms with E-state index in [0.29, 0.717) is 0 Å². The van der Waals surface area contributed by atoms with Crippen molar-refractivity contribution in [3.8, 4) is 17.6 Å². The molecule has 0 saturated heterocycles. The van der Waals surface area contributed by atoms with Crippen LogP contribution in [0.2, 0.25) is 0 Å². The normalized spacial score (nSPS) is 10.9. The Balaban J connectivity index is 2.42. The average molecular weight is 402 g/mol. The number of halogens is 2. The van der Waals surface area contributed by atoms with Crippen LogP contribution < -0.4 is 14.8 Å². The Labute approximate surface area is 164 Å². The number of carbonyl (C=O) groups is 2. The maximum atomic E-state index is 12.8. The van der Waals surface area contributed by atoms with Crippen molar-refractivity contribution in [2.24, 2.45) is 0 Å². The summed E-state index contributed by atoms with van der Waals surface area (Å²) in [5.74, 6) is -2.47. The summed E-state index contributed by atoms with van der Waals surface area (Å²) < 4.78 is 35.4. The maximum Gasteiger partial charge on any atom is 0.387 e. The van der Waals surface area contributed by atoms with Crippen molar-refractivity contribution in [2.75, 3.05) is 11.9 Å². The molecule has 0 spiro atoms. The predicted octanol–water partition coefficient (Wildman–Crippen LogP) is 3.93. The number of para-hydroxylation sites is 2. The molecule has 2 N–H and O–H groups in total. The smallest absolute Gasteiger partial charge is 0.387 e. The molecule has 0 atom stereocenters. The number of nitriles is 1. The molecule has 2 aromatic carbocycles. The van der Waals surface area contributed by atoms with Gasteiger partial charge in [-0.25, -0.2) is 4.79 Å². The number of carbonyl (C=O) groups excluding carboxylic acids is 1. The highest BCUT2D eigenvalue weighted by Gasteiger charge is 2.18. The minimum atomic E-state index is -3.15. The van der Waals surface area contributed by atoms with Gasteiger partial charge in [-0.15, -0.1) is 0 Å². The Morgan fingerprint density at radius 3 is 2.59 bits per heavy atom. The SMILES string of the molecule is CCOc1cccc(/C=C(\C#N)C(=O)Nc2ccccc2C(=O)O)c1OC(F)F. The van der Waals surface area contributed by atoms with Gasteiger partial charge in [0, 0.05) is 5.56 Å². The van der Waals surface area contributed by atoms with Gasteiger partial charge in [0.2, 0.25) is 0 Å². The van der Waals surface area contributed by atoms with E-state index >= 15 is 0 Å². The summed E-state index contributed by atoms with van der Waals surface area (Å²) in [5, 5.41) is 20.9. The van der Waals surface area contributed by atoms with Crippen LogP contribution >= 0.6 is 0 Å². The fourth-order valence-corrected chi connectivity index (χ4v) is 2.40. The number of hydrogen-bond acceptors (Lipinski definition) is 5. The molecular formula is C20H16F2N2O5. The molecule has 0 heterocycles. The number of nitrogens with one attached hydrogen (secondary N) is 1. The molecule has 0 aliphatic heterocycles. The van der Waals surface area contributed by atoms with E-state index in [1.165, 1.54) is 42.5 Å². The van der Waals surface area contributed by atoms with E-state index in [9.17, 15) is 28.7 Å². The van der Waals surface area contributed by atoms with Crippen LogP contribution in [0.4, 0.5) is 14.5 Å². The molecule has 0 fully saturated rings. The summed E-state index contributed by atoms with van der Waals surface area (Å²) in [7, 11) is 0. The second-order valence-electron chi connectivity index (χ2n) is 5.46. The summed E-state index contributed by atoms with van der Waals surface area (Å²) in [6, 6.07) is 11.6. The third-order valence-electron chi connectivity index (χ3n) is 3.59. The van der Waals surface area contributed by atoms with E-state index in [4.69, 9.17) is 4.74 Å². The Hall–Kier alpha value is -3.93. The van der Waals surface area contributed by atoms with Gasteiger partial charge in [-0.05, 0) is 31.2 Å². The van der Waals surface area contributed by atoms with Gasteiger partial charge in [-0.3, -0.25) is 4.79 Å². The Bertz CT molecular complexity index is 983. The third-order valence-corrected chi connectivity index (χ3v) is 3.59. The first-order valence-electron chi connectivity index (χ1n) is 8.33. The lowest BCUT2D eigenvalue weighted by molar-refractivity contribution is -0.112. The molecule has 2 aromatic rings. The average Bonchev–Trinajstić information content (AvgIpc) is 2.68. The topological polar surface area (TPSA) is 109 Å². The zero-order chi connectivity index (χ0) is 21.4. The summed E-state index contributed by atoms with van der Waals surface area (Å²) in [4.78, 5) is 23.7. The maximum absolute atomic E-state index is 12.8. The number of carboxylic acid groups (broad SMARTS) is 1. The fraction of sp³-hybridized carbons (Fsp3) is 0.150. The van der Waals surface area contributed by atoms with Crippen LogP contribution in [0.5, 0.6) is 11.5 Å². The zero-order valence-electron chi connectivity index (χ0n) is 15.2. The first kappa shape index (κ1) is 21.4. The summed E-state index contributed by atoms with van der Waals surface area (Å²) in [6.45, 7) is -1.31. The molecule has 1 amide bonds. The van der Waals surface area contributed by atoms with E-state index < -0.39 is 24.1 Å². The first-order valence-corrected chi connectivity index (χ1v) is 8.33. The van der Waals surface area contributed by atoms with Crippen LogP contribution in [0, 0.1) is 11.3 Å². The van der Waals surface area contributed by atoms with Gasteiger partial charge in [-0.2, -0.15) is 14.0 Å². The number of aromatic carboxylic acids is 1. The van der Waals surface area contributed by atoms with Gasteiger partial charge < -0.3 is 19.9 Å². The highest BCUT2D eigenvalue weighted by Crippen LogP contribution is 2.34. The Kier molecular flexibility index (Phi) is 7.26. The highest BCUT2D eigenvalue weighted by atomic mass is 19.3.